The fourth-order valence-corrected chi connectivity index (χ4v) is 4.01. The Balaban J connectivity index is 1.45. The summed E-state index contributed by atoms with van der Waals surface area (Å²) in [5, 5.41) is 2.09. The molecule has 2 aromatic carbocycles. The van der Waals surface area contributed by atoms with Crippen molar-refractivity contribution in [1.29, 1.82) is 0 Å². The fourth-order valence-electron chi connectivity index (χ4n) is 3.06. The van der Waals surface area contributed by atoms with Gasteiger partial charge in [0, 0.05) is 28.2 Å². The quantitative estimate of drug-likeness (QED) is 0.442. The van der Waals surface area contributed by atoms with Gasteiger partial charge in [-0.25, -0.2) is 0 Å². The Bertz CT molecular complexity index is 1090. The number of carbonyl (C=O) groups is 3. The monoisotopic (exact) mass is 424 g/mol. The second-order valence-electron chi connectivity index (χ2n) is 7.06. The predicted octanol–water partition coefficient (Wildman–Crippen LogP) is 4.10. The van der Waals surface area contributed by atoms with Crippen molar-refractivity contribution in [3.8, 4) is 5.75 Å². The molecule has 1 unspecified atom stereocenters. The minimum absolute atomic E-state index is 0.00659. The van der Waals surface area contributed by atoms with Crippen LogP contribution in [-0.2, 0) is 9.59 Å². The number of ether oxygens (including phenoxy) is 1. The number of thiophene rings is 1. The van der Waals surface area contributed by atoms with Crippen LogP contribution in [-0.4, -0.2) is 23.7 Å². The highest BCUT2D eigenvalue weighted by atomic mass is 32.1. The molecule has 1 atom stereocenters. The molecule has 156 valence electrons. The summed E-state index contributed by atoms with van der Waals surface area (Å²) in [6, 6.07) is 15.3. The first-order chi connectivity index (χ1) is 14.3. The number of carbonyl (C=O) groups excluding carboxylic acids is 3. The maximum atomic E-state index is 12.2. The molecule has 1 aromatic heterocycles. The van der Waals surface area contributed by atoms with E-state index in [9.17, 15) is 14.4 Å². The lowest BCUT2D eigenvalue weighted by molar-refractivity contribution is -0.132. The first-order valence-corrected chi connectivity index (χ1v) is 10.5. The van der Waals surface area contributed by atoms with Crippen LogP contribution in [0.4, 0.5) is 0 Å². The molecule has 0 fully saturated rings. The zero-order chi connectivity index (χ0) is 21.7. The molecule has 0 saturated carbocycles. The molecule has 30 heavy (non-hydrogen) atoms. The molecule has 1 heterocycles. The van der Waals surface area contributed by atoms with Gasteiger partial charge >= 0.3 is 0 Å². The summed E-state index contributed by atoms with van der Waals surface area (Å²) in [5.41, 5.74) is 5.34. The molecule has 0 saturated heterocycles. The molecule has 3 rings (SSSR count). The summed E-state index contributed by atoms with van der Waals surface area (Å²) in [7, 11) is 0. The largest absolute Gasteiger partial charge is 0.481 e. The average molecular weight is 425 g/mol. The van der Waals surface area contributed by atoms with Gasteiger partial charge in [-0.1, -0.05) is 30.3 Å². The number of hydrogen-bond acceptors (Lipinski definition) is 5. The van der Waals surface area contributed by atoms with Crippen molar-refractivity contribution >= 4 is 39.7 Å². The van der Waals surface area contributed by atoms with Crippen molar-refractivity contribution in [2.45, 2.75) is 39.7 Å². The molecular formula is C23H24N2O4S. The van der Waals surface area contributed by atoms with E-state index in [1.54, 1.807) is 24.3 Å². The minimum atomic E-state index is -0.801. The molecule has 2 N–H and O–H groups in total. The van der Waals surface area contributed by atoms with Gasteiger partial charge in [0.15, 0.2) is 11.9 Å². The molecule has 0 aliphatic heterocycles. The number of aryl methyl sites for hydroxylation is 2. The average Bonchev–Trinajstić information content (AvgIpc) is 3.08. The smallest absolute Gasteiger partial charge is 0.279 e. The lowest BCUT2D eigenvalue weighted by atomic mass is 10.1. The summed E-state index contributed by atoms with van der Waals surface area (Å²) < 4.78 is 5.67. The first-order valence-electron chi connectivity index (χ1n) is 9.68. The molecule has 7 heteroatoms. The third-order valence-corrected chi connectivity index (χ3v) is 5.61. The number of hydrazine groups is 1. The molecule has 6 nitrogen and oxygen atoms in total. The van der Waals surface area contributed by atoms with Crippen molar-refractivity contribution in [3.63, 3.8) is 0 Å². The van der Waals surface area contributed by atoms with E-state index < -0.39 is 17.9 Å². The Kier molecular flexibility index (Phi) is 6.84. The molecular weight excluding hydrogens is 400 g/mol. The van der Waals surface area contributed by atoms with Crippen molar-refractivity contribution in [1.82, 2.24) is 10.9 Å². The second-order valence-corrected chi connectivity index (χ2v) is 8.52. The number of hydrogen-bond donors (Lipinski definition) is 2. The molecule has 0 radical (unpaired) electrons. The number of ketones is 1. The number of benzene rings is 2. The molecule has 0 aliphatic carbocycles. The molecule has 0 spiro atoms. The summed E-state index contributed by atoms with van der Waals surface area (Å²) in [6.07, 6.45) is -0.723. The third-order valence-electron chi connectivity index (χ3n) is 4.65. The first kappa shape index (κ1) is 21.5. The highest BCUT2D eigenvalue weighted by Crippen LogP contribution is 2.22. The molecule has 0 aliphatic rings. The highest BCUT2D eigenvalue weighted by Gasteiger charge is 2.17. The van der Waals surface area contributed by atoms with E-state index in [-0.39, 0.29) is 18.6 Å². The van der Waals surface area contributed by atoms with Crippen LogP contribution in [0.3, 0.4) is 0 Å². The van der Waals surface area contributed by atoms with Gasteiger partial charge in [0.1, 0.15) is 5.75 Å². The zero-order valence-corrected chi connectivity index (χ0v) is 18.0. The third kappa shape index (κ3) is 5.45. The fraction of sp³-hybridized carbons (Fsp3) is 0.261. The van der Waals surface area contributed by atoms with Crippen LogP contribution in [0.5, 0.6) is 5.75 Å². The van der Waals surface area contributed by atoms with Gasteiger partial charge in [0.05, 0.1) is 0 Å². The Morgan fingerprint density at radius 3 is 2.40 bits per heavy atom. The lowest BCUT2D eigenvalue weighted by Gasteiger charge is -2.15. The Hall–Kier alpha value is -3.19. The van der Waals surface area contributed by atoms with Gasteiger partial charge in [-0.2, -0.15) is 0 Å². The minimum Gasteiger partial charge on any atom is -0.481 e. The number of fused-ring (bicyclic) bond motifs is 1. The van der Waals surface area contributed by atoms with E-state index in [0.717, 1.165) is 20.5 Å². The normalized spacial score (nSPS) is 11.7. The Morgan fingerprint density at radius 1 is 0.967 bits per heavy atom. The van der Waals surface area contributed by atoms with E-state index >= 15 is 0 Å². The lowest BCUT2D eigenvalue weighted by Crippen LogP contribution is -2.47. The van der Waals surface area contributed by atoms with Crippen molar-refractivity contribution < 1.29 is 19.1 Å². The van der Waals surface area contributed by atoms with Crippen LogP contribution in [0, 0.1) is 13.8 Å². The topological polar surface area (TPSA) is 84.5 Å². The van der Waals surface area contributed by atoms with Crippen LogP contribution >= 0.6 is 11.3 Å². The van der Waals surface area contributed by atoms with Gasteiger partial charge in [-0.3, -0.25) is 25.2 Å². The van der Waals surface area contributed by atoms with Crippen LogP contribution in [0.15, 0.2) is 48.5 Å². The van der Waals surface area contributed by atoms with Crippen LogP contribution in [0.25, 0.3) is 10.8 Å². The van der Waals surface area contributed by atoms with Gasteiger partial charge < -0.3 is 4.74 Å². The second kappa shape index (κ2) is 9.54. The van der Waals surface area contributed by atoms with Gasteiger partial charge in [-0.15, -0.1) is 11.3 Å². The molecule has 3 aromatic rings. The molecule has 2 amide bonds. The maximum Gasteiger partial charge on any atom is 0.279 e. The number of rotatable bonds is 7. The Morgan fingerprint density at radius 2 is 1.70 bits per heavy atom. The summed E-state index contributed by atoms with van der Waals surface area (Å²) in [5.74, 6) is -0.424. The molecule has 0 bridgehead atoms. The number of amides is 2. The van der Waals surface area contributed by atoms with E-state index in [0.29, 0.717) is 11.3 Å². The predicted molar refractivity (Wildman–Crippen MR) is 118 cm³/mol. The van der Waals surface area contributed by atoms with Crippen LogP contribution < -0.4 is 15.6 Å². The Labute approximate surface area is 179 Å². The van der Waals surface area contributed by atoms with E-state index in [1.807, 2.05) is 56.3 Å². The van der Waals surface area contributed by atoms with E-state index in [4.69, 9.17) is 4.74 Å². The van der Waals surface area contributed by atoms with Gasteiger partial charge in [-0.05, 0) is 49.7 Å². The van der Waals surface area contributed by atoms with E-state index in [2.05, 4.69) is 10.9 Å². The van der Waals surface area contributed by atoms with Crippen LogP contribution in [0.1, 0.15) is 39.9 Å². The zero-order valence-electron chi connectivity index (χ0n) is 17.2. The highest BCUT2D eigenvalue weighted by molar-refractivity contribution is 7.12. The number of Topliss-reactive ketones (excluding diaryl/α,β-unsaturated/α-hetero) is 1. The summed E-state index contributed by atoms with van der Waals surface area (Å²) in [4.78, 5) is 38.4. The van der Waals surface area contributed by atoms with Crippen molar-refractivity contribution in [2.24, 2.45) is 0 Å². The summed E-state index contributed by atoms with van der Waals surface area (Å²) >= 11 is 1.56. The van der Waals surface area contributed by atoms with Crippen LogP contribution in [0.2, 0.25) is 0 Å². The van der Waals surface area contributed by atoms with Crippen molar-refractivity contribution in [2.75, 3.05) is 0 Å². The maximum absolute atomic E-state index is 12.2. The summed E-state index contributed by atoms with van der Waals surface area (Å²) in [6.45, 7) is 5.43. The van der Waals surface area contributed by atoms with Crippen molar-refractivity contribution in [3.05, 3.63) is 63.8 Å². The van der Waals surface area contributed by atoms with Gasteiger partial charge in [0.25, 0.3) is 5.91 Å². The SMILES string of the molecule is Cc1cc(C(=O)CCC(=O)NNC(=O)C(C)Oc2ccc3ccccc3c2)c(C)s1. The van der Waals surface area contributed by atoms with E-state index in [1.165, 1.54) is 0 Å². The van der Waals surface area contributed by atoms with Gasteiger partial charge in [0.2, 0.25) is 5.91 Å². The standard InChI is InChI=1S/C23H24N2O4S/c1-14-12-20(16(3)30-14)21(26)10-11-22(27)24-25-23(28)15(2)29-19-9-8-17-6-4-5-7-18(17)13-19/h4-9,12-13,15H,10-11H2,1-3H3,(H,24,27)(H,25,28). The number of nitrogens with one attached hydrogen (secondary N) is 2.